The van der Waals surface area contributed by atoms with Gasteiger partial charge in [0.15, 0.2) is 0 Å². The van der Waals surface area contributed by atoms with Gasteiger partial charge in [-0.2, -0.15) is 65.9 Å². The maximum absolute atomic E-state index is 13.7. The molecule has 0 amide bonds. The van der Waals surface area contributed by atoms with Crippen LogP contribution in [0.5, 0.6) is 0 Å². The molecule has 0 saturated heterocycles. The molecule has 0 heterocycles. The number of hydrogen-bond donors (Lipinski definition) is 0. The Morgan fingerprint density at radius 2 is 0.706 bits per heavy atom. The molecule has 15 heteroatoms. The number of rotatable bonds is 16. The number of alkyl halides is 15. The van der Waals surface area contributed by atoms with E-state index in [2.05, 4.69) is 0 Å². The van der Waals surface area contributed by atoms with E-state index in [0.717, 1.165) is 25.7 Å². The SMILES string of the molecule is CCCCCCCCCCCC(F)(F)C(F)(F)C(F)(F)C(F)(F)CC(F)(F)C(F)(F)C(F)(F)F. The Bertz CT molecular complexity index is 607. The van der Waals surface area contributed by atoms with Crippen molar-refractivity contribution in [2.45, 2.75) is 119 Å². The molecular formula is C19H25F15. The molecule has 0 N–H and O–H groups in total. The van der Waals surface area contributed by atoms with Crippen molar-refractivity contribution in [3.8, 4) is 0 Å². The number of halogens is 15. The van der Waals surface area contributed by atoms with Crippen molar-refractivity contribution < 1.29 is 65.9 Å². The highest BCUT2D eigenvalue weighted by atomic mass is 19.4. The lowest BCUT2D eigenvalue weighted by atomic mass is 9.90. The fourth-order valence-electron chi connectivity index (χ4n) is 2.98. The molecule has 0 radical (unpaired) electrons. The van der Waals surface area contributed by atoms with Crippen LogP contribution in [0.4, 0.5) is 65.9 Å². The zero-order chi connectivity index (χ0) is 27.3. The third kappa shape index (κ3) is 7.23. The predicted molar refractivity (Wildman–Crippen MR) is 92.2 cm³/mol. The van der Waals surface area contributed by atoms with Crippen LogP contribution in [0.3, 0.4) is 0 Å². The van der Waals surface area contributed by atoms with Crippen molar-refractivity contribution in [3.63, 3.8) is 0 Å². The molecule has 0 aromatic rings. The fourth-order valence-corrected chi connectivity index (χ4v) is 2.98. The molecule has 0 rings (SSSR count). The molecule has 0 spiro atoms. The monoisotopic (exact) mass is 538 g/mol. The summed E-state index contributed by atoms with van der Waals surface area (Å²) in [6, 6.07) is 0. The second kappa shape index (κ2) is 11.3. The molecule has 34 heavy (non-hydrogen) atoms. The first-order valence-corrected chi connectivity index (χ1v) is 10.4. The van der Waals surface area contributed by atoms with Crippen molar-refractivity contribution >= 4 is 0 Å². The van der Waals surface area contributed by atoms with E-state index < -0.39 is 61.0 Å². The summed E-state index contributed by atoms with van der Waals surface area (Å²) in [5.74, 6) is -41.7. The van der Waals surface area contributed by atoms with Gasteiger partial charge in [0.25, 0.3) is 0 Å². The van der Waals surface area contributed by atoms with E-state index in [1.807, 2.05) is 6.92 Å². The van der Waals surface area contributed by atoms with Gasteiger partial charge in [0.05, 0.1) is 6.42 Å². The van der Waals surface area contributed by atoms with Crippen LogP contribution in [-0.2, 0) is 0 Å². The first-order valence-electron chi connectivity index (χ1n) is 10.4. The van der Waals surface area contributed by atoms with E-state index in [4.69, 9.17) is 0 Å². The van der Waals surface area contributed by atoms with Crippen molar-refractivity contribution in [2.24, 2.45) is 0 Å². The highest BCUT2D eigenvalue weighted by Crippen LogP contribution is 2.58. The summed E-state index contributed by atoms with van der Waals surface area (Å²) >= 11 is 0. The van der Waals surface area contributed by atoms with E-state index in [0.29, 0.717) is 12.8 Å². The standard InChI is InChI=1S/C19H25F15/c1-2-3-4-5-6-7-8-9-10-11-13(20,21)16(26,27)17(28,29)14(22,23)12-15(24,25)18(30,31)19(32,33)34/h2-12H2,1H3. The van der Waals surface area contributed by atoms with E-state index in [1.54, 1.807) is 0 Å². The van der Waals surface area contributed by atoms with Gasteiger partial charge in [0.1, 0.15) is 0 Å². The molecule has 0 aliphatic carbocycles. The molecule has 0 bridgehead atoms. The summed E-state index contributed by atoms with van der Waals surface area (Å²) in [5.41, 5.74) is 0. The van der Waals surface area contributed by atoms with E-state index >= 15 is 0 Å². The largest absolute Gasteiger partial charge is 0.459 e. The highest BCUT2D eigenvalue weighted by molar-refractivity contribution is 5.06. The van der Waals surface area contributed by atoms with E-state index in [1.165, 1.54) is 0 Å². The van der Waals surface area contributed by atoms with Crippen LogP contribution in [0.25, 0.3) is 0 Å². The lowest BCUT2D eigenvalue weighted by molar-refractivity contribution is -0.396. The molecule has 0 fully saturated rings. The first kappa shape index (κ1) is 33.0. The average Bonchev–Trinajstić information content (AvgIpc) is 2.64. The van der Waals surface area contributed by atoms with Crippen LogP contribution >= 0.6 is 0 Å². The zero-order valence-electron chi connectivity index (χ0n) is 17.9. The Morgan fingerprint density at radius 1 is 0.382 bits per heavy atom. The van der Waals surface area contributed by atoms with Crippen LogP contribution in [0, 0.1) is 0 Å². The lowest BCUT2D eigenvalue weighted by Crippen LogP contribution is -2.64. The van der Waals surface area contributed by atoms with Crippen LogP contribution < -0.4 is 0 Å². The smallest absolute Gasteiger partial charge is 0.200 e. The normalized spacial score (nSPS) is 15.2. The van der Waals surface area contributed by atoms with Crippen molar-refractivity contribution in [1.29, 1.82) is 0 Å². The number of hydrogen-bond acceptors (Lipinski definition) is 0. The molecule has 206 valence electrons. The Morgan fingerprint density at radius 3 is 1.09 bits per heavy atom. The van der Waals surface area contributed by atoms with Crippen molar-refractivity contribution in [3.05, 3.63) is 0 Å². The summed E-state index contributed by atoms with van der Waals surface area (Å²) in [6.07, 6.45) is -9.77. The summed E-state index contributed by atoms with van der Waals surface area (Å²) < 4.78 is 197. The zero-order valence-corrected chi connectivity index (χ0v) is 17.9. The van der Waals surface area contributed by atoms with Gasteiger partial charge in [-0.1, -0.05) is 58.3 Å². The second-order valence-electron chi connectivity index (χ2n) is 8.09. The summed E-state index contributed by atoms with van der Waals surface area (Å²) in [6.45, 7) is 1.96. The average molecular weight is 538 g/mol. The predicted octanol–water partition coefficient (Wildman–Crippen LogP) is 9.67. The molecule has 0 aliphatic rings. The van der Waals surface area contributed by atoms with Crippen LogP contribution in [-0.4, -0.2) is 41.7 Å². The minimum Gasteiger partial charge on any atom is -0.200 e. The number of unbranched alkanes of at least 4 members (excludes halogenated alkanes) is 8. The van der Waals surface area contributed by atoms with Gasteiger partial charge in [0.2, 0.25) is 0 Å². The molecule has 0 unspecified atom stereocenters. The third-order valence-corrected chi connectivity index (χ3v) is 5.17. The molecule has 0 saturated carbocycles. The Hall–Kier alpha value is -1.05. The molecule has 0 aromatic heterocycles. The fraction of sp³-hybridized carbons (Fsp3) is 1.00. The van der Waals surface area contributed by atoms with Gasteiger partial charge < -0.3 is 0 Å². The minimum atomic E-state index is -7.38. The Balaban J connectivity index is 5.28. The van der Waals surface area contributed by atoms with Crippen LogP contribution in [0.15, 0.2) is 0 Å². The summed E-state index contributed by atoms with van der Waals surface area (Å²) in [5, 5.41) is 0. The Labute approximate surface area is 186 Å². The van der Waals surface area contributed by atoms with Gasteiger partial charge >= 0.3 is 41.7 Å². The van der Waals surface area contributed by atoms with E-state index in [9.17, 15) is 65.9 Å². The maximum atomic E-state index is 13.7. The Kier molecular flexibility index (Phi) is 11.0. The molecule has 0 atom stereocenters. The van der Waals surface area contributed by atoms with Gasteiger partial charge in [-0.3, -0.25) is 0 Å². The first-order chi connectivity index (χ1) is 15.0. The third-order valence-electron chi connectivity index (χ3n) is 5.17. The van der Waals surface area contributed by atoms with Crippen LogP contribution in [0.1, 0.15) is 77.6 Å². The van der Waals surface area contributed by atoms with Gasteiger partial charge in [-0.05, 0) is 6.42 Å². The van der Waals surface area contributed by atoms with Gasteiger partial charge in [-0.25, -0.2) is 0 Å². The van der Waals surface area contributed by atoms with Crippen LogP contribution in [0.2, 0.25) is 0 Å². The van der Waals surface area contributed by atoms with Crippen molar-refractivity contribution in [2.75, 3.05) is 0 Å². The van der Waals surface area contributed by atoms with Gasteiger partial charge in [-0.15, -0.1) is 0 Å². The molecule has 0 nitrogen and oxygen atoms in total. The minimum absolute atomic E-state index is 0.183. The van der Waals surface area contributed by atoms with Gasteiger partial charge in [0, 0.05) is 6.42 Å². The quantitative estimate of drug-likeness (QED) is 0.136. The summed E-state index contributed by atoms with van der Waals surface area (Å²) in [7, 11) is 0. The lowest BCUT2D eigenvalue weighted by Gasteiger charge is -2.39. The topological polar surface area (TPSA) is 0 Å². The maximum Gasteiger partial charge on any atom is 0.459 e. The summed E-state index contributed by atoms with van der Waals surface area (Å²) in [4.78, 5) is 0. The second-order valence-corrected chi connectivity index (χ2v) is 8.09. The van der Waals surface area contributed by atoms with E-state index in [-0.39, 0.29) is 12.8 Å². The molecular weight excluding hydrogens is 513 g/mol. The molecule has 0 aromatic carbocycles. The highest BCUT2D eigenvalue weighted by Gasteiger charge is 2.83. The molecule has 0 aliphatic heterocycles. The van der Waals surface area contributed by atoms with Crippen molar-refractivity contribution in [1.82, 2.24) is 0 Å².